The van der Waals surface area contributed by atoms with Gasteiger partial charge in [-0.3, -0.25) is 4.79 Å². The molecule has 238 valence electrons. The smallest absolute Gasteiger partial charge is 0.328 e. The standard InChI is InChI=1S/C24H33N3O.2C4H4O4/c1-3-26(4-2)17-18-27-16-15-22(19-27)24(23(25)28,20-11-7-5-8-12-20)21-13-9-6-10-14-21;2*5-3(6)1-2-4(7)8/h5-14,22H,3-4,15-19H2,1-2H3,(H2,25,28);2*1-2H,(H,5,6)(H,7,8)/b;2*2-1+. The first-order valence-corrected chi connectivity index (χ1v) is 14.0. The van der Waals surface area contributed by atoms with Crippen LogP contribution in [0.15, 0.2) is 85.0 Å². The lowest BCUT2D eigenvalue weighted by molar-refractivity contribution is -0.134. The van der Waals surface area contributed by atoms with Gasteiger partial charge in [-0.1, -0.05) is 74.5 Å². The van der Waals surface area contributed by atoms with Gasteiger partial charge in [-0.2, -0.15) is 0 Å². The zero-order valence-electron chi connectivity index (χ0n) is 24.9. The normalized spacial score (nSPS) is 14.8. The van der Waals surface area contributed by atoms with Crippen LogP contribution >= 0.6 is 0 Å². The summed E-state index contributed by atoms with van der Waals surface area (Å²) in [4.78, 5) is 56.2. The Morgan fingerprint density at radius 3 is 1.48 bits per heavy atom. The van der Waals surface area contributed by atoms with E-state index in [9.17, 15) is 24.0 Å². The molecule has 0 aliphatic carbocycles. The predicted octanol–water partition coefficient (Wildman–Crippen LogP) is 2.55. The Kier molecular flexibility index (Phi) is 16.4. The van der Waals surface area contributed by atoms with Crippen LogP contribution in [-0.4, -0.2) is 99.3 Å². The highest BCUT2D eigenvalue weighted by Gasteiger charge is 2.49. The van der Waals surface area contributed by atoms with Crippen LogP contribution in [0, 0.1) is 5.92 Å². The lowest BCUT2D eigenvalue weighted by Gasteiger charge is -2.37. The van der Waals surface area contributed by atoms with Gasteiger partial charge in [0.05, 0.1) is 0 Å². The van der Waals surface area contributed by atoms with Crippen molar-refractivity contribution in [1.82, 2.24) is 9.80 Å². The van der Waals surface area contributed by atoms with Crippen LogP contribution in [0.4, 0.5) is 0 Å². The van der Waals surface area contributed by atoms with Crippen molar-refractivity contribution < 1.29 is 44.4 Å². The minimum atomic E-state index is -1.26. The lowest BCUT2D eigenvalue weighted by atomic mass is 9.64. The molecule has 0 spiro atoms. The third-order valence-corrected chi connectivity index (χ3v) is 7.10. The molecule has 1 aliphatic rings. The van der Waals surface area contributed by atoms with Crippen molar-refractivity contribution in [2.45, 2.75) is 25.7 Å². The topological polar surface area (TPSA) is 199 Å². The monoisotopic (exact) mass is 611 g/mol. The summed E-state index contributed by atoms with van der Waals surface area (Å²) in [6.07, 6.45) is 3.21. The number of primary amides is 1. The van der Waals surface area contributed by atoms with Gasteiger partial charge in [0.25, 0.3) is 0 Å². The van der Waals surface area contributed by atoms with E-state index in [-0.39, 0.29) is 11.8 Å². The number of rotatable bonds is 13. The Bertz CT molecular complexity index is 1170. The van der Waals surface area contributed by atoms with E-state index < -0.39 is 29.3 Å². The van der Waals surface area contributed by atoms with Crippen LogP contribution in [0.2, 0.25) is 0 Å². The molecule has 0 saturated carbocycles. The van der Waals surface area contributed by atoms with Crippen LogP contribution in [-0.2, 0) is 29.4 Å². The summed E-state index contributed by atoms with van der Waals surface area (Å²) in [7, 11) is 0. The van der Waals surface area contributed by atoms with Gasteiger partial charge in [0, 0.05) is 43.9 Å². The molecule has 12 nitrogen and oxygen atoms in total. The number of hydrogen-bond donors (Lipinski definition) is 5. The van der Waals surface area contributed by atoms with Gasteiger partial charge in [0.15, 0.2) is 0 Å². The first kappa shape index (κ1) is 37.2. The molecule has 1 amide bonds. The van der Waals surface area contributed by atoms with E-state index in [0.29, 0.717) is 24.3 Å². The molecule has 2 aromatic rings. The molecule has 2 aromatic carbocycles. The number of nitrogens with zero attached hydrogens (tertiary/aromatic N) is 2. The van der Waals surface area contributed by atoms with E-state index in [0.717, 1.165) is 56.8 Å². The zero-order valence-corrected chi connectivity index (χ0v) is 24.9. The highest BCUT2D eigenvalue weighted by Crippen LogP contribution is 2.43. The fourth-order valence-electron chi connectivity index (χ4n) is 5.02. The van der Waals surface area contributed by atoms with Crippen molar-refractivity contribution in [3.8, 4) is 0 Å². The average Bonchev–Trinajstić information content (AvgIpc) is 3.46. The Morgan fingerprint density at radius 2 is 1.16 bits per heavy atom. The Balaban J connectivity index is 0.000000498. The van der Waals surface area contributed by atoms with Crippen LogP contribution in [0.3, 0.4) is 0 Å². The third kappa shape index (κ3) is 12.2. The first-order chi connectivity index (χ1) is 20.9. The maximum atomic E-state index is 13.1. The molecule has 1 aliphatic heterocycles. The van der Waals surface area contributed by atoms with Gasteiger partial charge in [-0.15, -0.1) is 0 Å². The second-order valence-corrected chi connectivity index (χ2v) is 9.74. The summed E-state index contributed by atoms with van der Waals surface area (Å²) in [6, 6.07) is 20.2. The zero-order chi connectivity index (χ0) is 33.1. The molecule has 0 aromatic heterocycles. The van der Waals surface area contributed by atoms with Gasteiger partial charge in [-0.25, -0.2) is 19.2 Å². The van der Waals surface area contributed by atoms with Crippen LogP contribution in [0.25, 0.3) is 0 Å². The number of hydrogen-bond acceptors (Lipinski definition) is 7. The summed E-state index contributed by atoms with van der Waals surface area (Å²) >= 11 is 0. The molecular weight excluding hydrogens is 570 g/mol. The van der Waals surface area contributed by atoms with Crippen molar-refractivity contribution >= 4 is 29.8 Å². The van der Waals surface area contributed by atoms with Crippen LogP contribution < -0.4 is 5.73 Å². The number of nitrogens with two attached hydrogens (primary N) is 1. The Labute approximate surface area is 256 Å². The second-order valence-electron chi connectivity index (χ2n) is 9.74. The molecule has 1 unspecified atom stereocenters. The number of carbonyl (C=O) groups excluding carboxylic acids is 1. The summed E-state index contributed by atoms with van der Waals surface area (Å²) in [5, 5.41) is 31.2. The molecule has 0 bridgehead atoms. The first-order valence-electron chi connectivity index (χ1n) is 14.0. The van der Waals surface area contributed by atoms with Gasteiger partial charge in [0.2, 0.25) is 5.91 Å². The molecule has 1 fully saturated rings. The summed E-state index contributed by atoms with van der Waals surface area (Å²) in [6.45, 7) is 10.6. The SMILES string of the molecule is CCN(CC)CCN1CCC(C(C(N)=O)(c2ccccc2)c2ccccc2)C1.O=C(O)/C=C/C(=O)O.O=C(O)/C=C/C(=O)O. The molecule has 6 N–H and O–H groups in total. The molecule has 1 saturated heterocycles. The van der Waals surface area contributed by atoms with E-state index in [4.69, 9.17) is 26.2 Å². The molecule has 3 rings (SSSR count). The van der Waals surface area contributed by atoms with E-state index in [1.807, 2.05) is 36.4 Å². The minimum absolute atomic E-state index is 0.173. The molecular formula is C32H41N3O9. The predicted molar refractivity (Wildman–Crippen MR) is 164 cm³/mol. The van der Waals surface area contributed by atoms with Crippen molar-refractivity contribution in [2.24, 2.45) is 11.7 Å². The molecule has 12 heteroatoms. The molecule has 1 heterocycles. The lowest BCUT2D eigenvalue weighted by Crippen LogP contribution is -2.49. The quantitative estimate of drug-likeness (QED) is 0.209. The van der Waals surface area contributed by atoms with Crippen molar-refractivity contribution in [3.63, 3.8) is 0 Å². The third-order valence-electron chi connectivity index (χ3n) is 7.10. The fourth-order valence-corrected chi connectivity index (χ4v) is 5.02. The molecule has 0 radical (unpaired) electrons. The molecule has 44 heavy (non-hydrogen) atoms. The van der Waals surface area contributed by atoms with E-state index in [1.54, 1.807) is 0 Å². The van der Waals surface area contributed by atoms with E-state index in [2.05, 4.69) is 47.9 Å². The fraction of sp³-hybridized carbons (Fsp3) is 0.344. The Morgan fingerprint density at radius 1 is 0.773 bits per heavy atom. The van der Waals surface area contributed by atoms with Gasteiger partial charge < -0.3 is 36.0 Å². The van der Waals surface area contributed by atoms with Crippen LogP contribution in [0.1, 0.15) is 31.4 Å². The number of carboxylic acids is 4. The van der Waals surface area contributed by atoms with E-state index in [1.165, 1.54) is 0 Å². The van der Waals surface area contributed by atoms with E-state index >= 15 is 0 Å². The number of benzene rings is 2. The number of amides is 1. The maximum Gasteiger partial charge on any atom is 0.328 e. The number of likely N-dealkylation sites (tertiary alicyclic amines) is 1. The largest absolute Gasteiger partial charge is 0.478 e. The number of carbonyl (C=O) groups is 5. The minimum Gasteiger partial charge on any atom is -0.478 e. The van der Waals surface area contributed by atoms with Gasteiger partial charge >= 0.3 is 23.9 Å². The van der Waals surface area contributed by atoms with Crippen molar-refractivity contribution in [3.05, 3.63) is 96.1 Å². The van der Waals surface area contributed by atoms with Gasteiger partial charge in [0.1, 0.15) is 5.41 Å². The summed E-state index contributed by atoms with van der Waals surface area (Å²) in [5.74, 6) is -5.11. The highest BCUT2D eigenvalue weighted by atomic mass is 16.4. The second kappa shape index (κ2) is 19.4. The summed E-state index contributed by atoms with van der Waals surface area (Å²) < 4.78 is 0. The van der Waals surface area contributed by atoms with Gasteiger partial charge in [-0.05, 0) is 43.1 Å². The number of likely N-dealkylation sites (N-methyl/N-ethyl adjacent to an activating group) is 1. The molecule has 1 atom stereocenters. The van der Waals surface area contributed by atoms with Crippen molar-refractivity contribution in [1.29, 1.82) is 0 Å². The summed E-state index contributed by atoms with van der Waals surface area (Å²) in [5.41, 5.74) is 7.38. The maximum absolute atomic E-state index is 13.1. The number of carboxylic acid groups (broad SMARTS) is 4. The average molecular weight is 612 g/mol. The Hall–Kier alpha value is -4.81. The van der Waals surface area contributed by atoms with Crippen molar-refractivity contribution in [2.75, 3.05) is 39.3 Å². The van der Waals surface area contributed by atoms with Crippen LogP contribution in [0.5, 0.6) is 0 Å². The highest BCUT2D eigenvalue weighted by molar-refractivity contribution is 5.91. The number of aliphatic carboxylic acids is 4.